The molecule has 3 aromatic rings. The lowest BCUT2D eigenvalue weighted by Crippen LogP contribution is -2.12. The summed E-state index contributed by atoms with van der Waals surface area (Å²) in [5.41, 5.74) is -0.996. The van der Waals surface area contributed by atoms with E-state index in [0.29, 0.717) is 18.9 Å². The zero-order valence-corrected chi connectivity index (χ0v) is 14.2. The van der Waals surface area contributed by atoms with Crippen molar-refractivity contribution in [3.63, 3.8) is 0 Å². The van der Waals surface area contributed by atoms with E-state index in [4.69, 9.17) is 9.15 Å². The number of halogens is 3. The first-order chi connectivity index (χ1) is 13.0. The van der Waals surface area contributed by atoms with Crippen LogP contribution in [-0.4, -0.2) is 21.6 Å². The number of furan rings is 1. The van der Waals surface area contributed by atoms with Crippen LogP contribution in [0.3, 0.4) is 0 Å². The number of nitrogens with one attached hydrogen (secondary N) is 2. The van der Waals surface area contributed by atoms with Crippen molar-refractivity contribution in [2.24, 2.45) is 0 Å². The fourth-order valence-electron chi connectivity index (χ4n) is 2.22. The number of para-hydroxylation sites is 1. The molecule has 0 aliphatic heterocycles. The minimum atomic E-state index is -4.51. The quantitative estimate of drug-likeness (QED) is 0.635. The van der Waals surface area contributed by atoms with Crippen LogP contribution in [0.4, 0.5) is 30.8 Å². The SMILES string of the molecule is CCOc1nc(NCc2ccco2)nc(Nc2ccccc2C(F)(F)F)n1. The highest BCUT2D eigenvalue weighted by molar-refractivity contribution is 5.60. The van der Waals surface area contributed by atoms with Gasteiger partial charge in [0, 0.05) is 0 Å². The predicted molar refractivity (Wildman–Crippen MR) is 91.8 cm³/mol. The second-order valence-electron chi connectivity index (χ2n) is 5.30. The lowest BCUT2D eigenvalue weighted by molar-refractivity contribution is -0.136. The molecule has 0 atom stereocenters. The Labute approximate surface area is 152 Å². The minimum absolute atomic E-state index is 0.0126. The van der Waals surface area contributed by atoms with Crippen molar-refractivity contribution in [3.05, 3.63) is 54.0 Å². The number of hydrogen-bond donors (Lipinski definition) is 2. The first-order valence-corrected chi connectivity index (χ1v) is 8.04. The van der Waals surface area contributed by atoms with Gasteiger partial charge >= 0.3 is 12.2 Å². The van der Waals surface area contributed by atoms with Gasteiger partial charge in [-0.05, 0) is 31.2 Å². The van der Waals surface area contributed by atoms with Crippen molar-refractivity contribution >= 4 is 17.6 Å². The lowest BCUT2D eigenvalue weighted by atomic mass is 10.1. The van der Waals surface area contributed by atoms with Gasteiger partial charge in [-0.3, -0.25) is 0 Å². The highest BCUT2D eigenvalue weighted by Gasteiger charge is 2.33. The predicted octanol–water partition coefficient (Wildman–Crippen LogP) is 4.24. The molecule has 2 aromatic heterocycles. The van der Waals surface area contributed by atoms with Gasteiger partial charge in [0.05, 0.1) is 30.7 Å². The van der Waals surface area contributed by atoms with Crippen LogP contribution in [0.1, 0.15) is 18.2 Å². The van der Waals surface area contributed by atoms with Gasteiger partial charge in [0.2, 0.25) is 11.9 Å². The maximum atomic E-state index is 13.2. The van der Waals surface area contributed by atoms with Gasteiger partial charge < -0.3 is 19.8 Å². The van der Waals surface area contributed by atoms with E-state index in [1.807, 2.05) is 0 Å². The topological polar surface area (TPSA) is 85.1 Å². The number of hydrogen-bond acceptors (Lipinski definition) is 7. The van der Waals surface area contributed by atoms with Gasteiger partial charge in [-0.2, -0.15) is 28.1 Å². The Hall–Kier alpha value is -3.30. The summed E-state index contributed by atoms with van der Waals surface area (Å²) in [5, 5.41) is 5.50. The normalized spacial score (nSPS) is 11.3. The van der Waals surface area contributed by atoms with Crippen molar-refractivity contribution in [2.75, 3.05) is 17.2 Å². The van der Waals surface area contributed by atoms with E-state index in [0.717, 1.165) is 6.07 Å². The molecule has 10 heteroatoms. The van der Waals surface area contributed by atoms with Crippen LogP contribution >= 0.6 is 0 Å². The van der Waals surface area contributed by atoms with Gasteiger partial charge in [-0.1, -0.05) is 12.1 Å². The standard InChI is InChI=1S/C17H16F3N5O2/c1-2-26-16-24-14(21-10-11-6-5-9-27-11)23-15(25-16)22-13-8-4-3-7-12(13)17(18,19)20/h3-9H,2,10H2,1H3,(H2,21,22,23,24,25). The summed E-state index contributed by atoms with van der Waals surface area (Å²) in [6, 6.07) is 8.54. The fraction of sp³-hybridized carbons (Fsp3) is 0.235. The van der Waals surface area contributed by atoms with Crippen LogP contribution in [0.2, 0.25) is 0 Å². The number of alkyl halides is 3. The summed E-state index contributed by atoms with van der Waals surface area (Å²) in [6.45, 7) is 2.33. The lowest BCUT2D eigenvalue weighted by Gasteiger charge is -2.14. The van der Waals surface area contributed by atoms with E-state index in [9.17, 15) is 13.2 Å². The van der Waals surface area contributed by atoms with Crippen LogP contribution in [0.25, 0.3) is 0 Å². The van der Waals surface area contributed by atoms with Crippen molar-refractivity contribution in [1.29, 1.82) is 0 Å². The molecule has 2 heterocycles. The molecule has 27 heavy (non-hydrogen) atoms. The first-order valence-electron chi connectivity index (χ1n) is 8.04. The molecule has 0 bridgehead atoms. The third-order valence-corrected chi connectivity index (χ3v) is 3.37. The largest absolute Gasteiger partial charge is 0.467 e. The van der Waals surface area contributed by atoms with Crippen molar-refractivity contribution in [2.45, 2.75) is 19.6 Å². The van der Waals surface area contributed by atoms with Crippen molar-refractivity contribution in [1.82, 2.24) is 15.0 Å². The molecule has 0 aliphatic rings. The number of benzene rings is 1. The second-order valence-corrected chi connectivity index (χ2v) is 5.30. The van der Waals surface area contributed by atoms with Crippen LogP contribution < -0.4 is 15.4 Å². The average molecular weight is 379 g/mol. The second kappa shape index (κ2) is 7.94. The van der Waals surface area contributed by atoms with E-state index in [-0.39, 0.29) is 23.6 Å². The number of ether oxygens (including phenoxy) is 1. The smallest absolute Gasteiger partial charge is 0.418 e. The molecule has 0 saturated heterocycles. The molecule has 0 unspecified atom stereocenters. The Balaban J connectivity index is 1.86. The molecule has 0 aliphatic carbocycles. The number of aromatic nitrogens is 3. The van der Waals surface area contributed by atoms with Gasteiger partial charge in [-0.15, -0.1) is 0 Å². The number of nitrogens with zero attached hydrogens (tertiary/aromatic N) is 3. The zero-order chi connectivity index (χ0) is 19.3. The number of rotatable bonds is 7. The fourth-order valence-corrected chi connectivity index (χ4v) is 2.22. The van der Waals surface area contributed by atoms with Crippen LogP contribution in [0.5, 0.6) is 6.01 Å². The van der Waals surface area contributed by atoms with Crippen LogP contribution in [0, 0.1) is 0 Å². The van der Waals surface area contributed by atoms with E-state index in [1.165, 1.54) is 24.5 Å². The highest BCUT2D eigenvalue weighted by Crippen LogP contribution is 2.35. The summed E-state index contributed by atoms with van der Waals surface area (Å²) in [5.74, 6) is 0.703. The Morgan fingerprint density at radius 1 is 1.04 bits per heavy atom. The number of anilines is 3. The molecular formula is C17H16F3N5O2. The van der Waals surface area contributed by atoms with Crippen LogP contribution in [-0.2, 0) is 12.7 Å². The van der Waals surface area contributed by atoms with Gasteiger partial charge in [0.1, 0.15) is 5.76 Å². The molecule has 0 fully saturated rings. The molecule has 0 radical (unpaired) electrons. The third kappa shape index (κ3) is 4.87. The molecule has 1 aromatic carbocycles. The van der Waals surface area contributed by atoms with E-state index in [1.54, 1.807) is 19.1 Å². The first kappa shape index (κ1) is 18.5. The molecule has 0 saturated carbocycles. The Bertz CT molecular complexity index is 885. The third-order valence-electron chi connectivity index (χ3n) is 3.37. The maximum absolute atomic E-state index is 13.2. The molecular weight excluding hydrogens is 363 g/mol. The van der Waals surface area contributed by atoms with Crippen molar-refractivity contribution in [3.8, 4) is 6.01 Å². The summed E-state index contributed by atoms with van der Waals surface area (Å²) in [6.07, 6.45) is -2.99. The molecule has 0 amide bonds. The molecule has 142 valence electrons. The van der Waals surface area contributed by atoms with Gasteiger partial charge in [0.15, 0.2) is 0 Å². The monoisotopic (exact) mass is 379 g/mol. The molecule has 0 spiro atoms. The Kier molecular flexibility index (Phi) is 5.43. The van der Waals surface area contributed by atoms with Gasteiger partial charge in [0.25, 0.3) is 0 Å². The summed E-state index contributed by atoms with van der Waals surface area (Å²) in [7, 11) is 0. The van der Waals surface area contributed by atoms with Gasteiger partial charge in [-0.25, -0.2) is 0 Å². The maximum Gasteiger partial charge on any atom is 0.418 e. The molecule has 3 rings (SSSR count). The molecule has 2 N–H and O–H groups in total. The van der Waals surface area contributed by atoms with Crippen LogP contribution in [0.15, 0.2) is 47.1 Å². The Morgan fingerprint density at radius 2 is 1.81 bits per heavy atom. The summed E-state index contributed by atoms with van der Waals surface area (Å²) in [4.78, 5) is 12.2. The summed E-state index contributed by atoms with van der Waals surface area (Å²) < 4.78 is 50.0. The summed E-state index contributed by atoms with van der Waals surface area (Å²) >= 11 is 0. The zero-order valence-electron chi connectivity index (χ0n) is 14.2. The minimum Gasteiger partial charge on any atom is -0.467 e. The Morgan fingerprint density at radius 3 is 2.52 bits per heavy atom. The van der Waals surface area contributed by atoms with E-state index >= 15 is 0 Å². The van der Waals surface area contributed by atoms with E-state index in [2.05, 4.69) is 25.6 Å². The van der Waals surface area contributed by atoms with Crippen molar-refractivity contribution < 1.29 is 22.3 Å². The molecule has 7 nitrogen and oxygen atoms in total. The van der Waals surface area contributed by atoms with E-state index < -0.39 is 11.7 Å². The average Bonchev–Trinajstić information content (AvgIpc) is 3.13. The highest BCUT2D eigenvalue weighted by atomic mass is 19.4.